The molecular formula is C6H11N2O. The lowest BCUT2D eigenvalue weighted by atomic mass is 10.1. The summed E-state index contributed by atoms with van der Waals surface area (Å²) in [5.74, 6) is -0.269. The Balaban J connectivity index is 2.31. The van der Waals surface area contributed by atoms with Crippen LogP contribution in [-0.2, 0) is 4.79 Å². The molecule has 1 heterocycles. The summed E-state index contributed by atoms with van der Waals surface area (Å²) >= 11 is 0. The molecule has 3 heteroatoms. The molecule has 1 aliphatic heterocycles. The molecule has 0 spiro atoms. The van der Waals surface area contributed by atoms with E-state index in [9.17, 15) is 4.79 Å². The van der Waals surface area contributed by atoms with Crippen molar-refractivity contribution in [3.8, 4) is 0 Å². The minimum atomic E-state index is -0.269. The molecule has 1 rings (SSSR count). The van der Waals surface area contributed by atoms with Crippen LogP contribution < -0.4 is 11.1 Å². The Morgan fingerprint density at radius 1 is 1.56 bits per heavy atom. The van der Waals surface area contributed by atoms with E-state index < -0.39 is 0 Å². The molecule has 2 N–H and O–H groups in total. The molecule has 0 aromatic carbocycles. The van der Waals surface area contributed by atoms with Crippen LogP contribution in [0.1, 0.15) is 19.3 Å². The first-order valence-electron chi connectivity index (χ1n) is 3.26. The molecule has 1 fully saturated rings. The average Bonchev–Trinajstić information content (AvgIpc) is 1.90. The van der Waals surface area contributed by atoms with E-state index in [4.69, 9.17) is 5.73 Å². The number of nitrogens with zero attached hydrogens (tertiary/aromatic N) is 1. The van der Waals surface area contributed by atoms with Gasteiger partial charge in [0.15, 0.2) is 0 Å². The first kappa shape index (κ1) is 6.55. The van der Waals surface area contributed by atoms with Crippen LogP contribution in [0, 0.1) is 0 Å². The Kier molecular flexibility index (Phi) is 2.05. The van der Waals surface area contributed by atoms with Crippen molar-refractivity contribution >= 4 is 5.91 Å². The number of hydrogen-bond donors (Lipinski definition) is 1. The summed E-state index contributed by atoms with van der Waals surface area (Å²) < 4.78 is 0. The minimum Gasteiger partial charge on any atom is -0.368 e. The average molecular weight is 127 g/mol. The van der Waals surface area contributed by atoms with E-state index in [1.807, 2.05) is 0 Å². The van der Waals surface area contributed by atoms with Crippen LogP contribution in [0.4, 0.5) is 0 Å². The molecule has 9 heavy (non-hydrogen) atoms. The van der Waals surface area contributed by atoms with Crippen LogP contribution >= 0.6 is 0 Å². The Bertz CT molecular complexity index is 108. The SMILES string of the molecule is NC(=O)C1CCCC[N]1. The van der Waals surface area contributed by atoms with Gasteiger partial charge in [0.1, 0.15) is 6.04 Å². The number of primary amides is 1. The molecule has 1 amide bonds. The Morgan fingerprint density at radius 3 is 2.67 bits per heavy atom. The first-order valence-corrected chi connectivity index (χ1v) is 3.26. The van der Waals surface area contributed by atoms with Gasteiger partial charge >= 0.3 is 0 Å². The van der Waals surface area contributed by atoms with Gasteiger partial charge in [0.2, 0.25) is 5.91 Å². The predicted octanol–water partition coefficient (Wildman–Crippen LogP) is -0.371. The van der Waals surface area contributed by atoms with E-state index >= 15 is 0 Å². The molecule has 0 aromatic heterocycles. The molecule has 0 aliphatic carbocycles. The monoisotopic (exact) mass is 127 g/mol. The van der Waals surface area contributed by atoms with Crippen molar-refractivity contribution in [2.24, 2.45) is 5.73 Å². The second-order valence-corrected chi connectivity index (χ2v) is 2.32. The number of carbonyl (C=O) groups excluding carboxylic acids is 1. The summed E-state index contributed by atoms with van der Waals surface area (Å²) in [6, 6.07) is -0.182. The Labute approximate surface area is 54.6 Å². The van der Waals surface area contributed by atoms with Crippen molar-refractivity contribution in [3.63, 3.8) is 0 Å². The standard InChI is InChI=1S/C6H11N2O/c7-6(9)5-3-1-2-4-8-5/h5H,1-4H2,(H2,7,9). The van der Waals surface area contributed by atoms with E-state index in [1.54, 1.807) is 0 Å². The molecule has 3 nitrogen and oxygen atoms in total. The lowest BCUT2D eigenvalue weighted by molar-refractivity contribution is -0.120. The molecule has 1 aliphatic rings. The summed E-state index contributed by atoms with van der Waals surface area (Å²) in [6.07, 6.45) is 3.07. The summed E-state index contributed by atoms with van der Waals surface area (Å²) in [5.41, 5.74) is 5.03. The van der Waals surface area contributed by atoms with Crippen molar-refractivity contribution in [2.75, 3.05) is 6.54 Å². The maximum Gasteiger partial charge on any atom is 0.236 e. The van der Waals surface area contributed by atoms with Crippen molar-refractivity contribution in [3.05, 3.63) is 0 Å². The largest absolute Gasteiger partial charge is 0.368 e. The molecule has 0 bridgehead atoms. The third-order valence-electron chi connectivity index (χ3n) is 1.56. The van der Waals surface area contributed by atoms with Gasteiger partial charge in [-0.25, -0.2) is 5.32 Å². The zero-order valence-electron chi connectivity index (χ0n) is 5.34. The van der Waals surface area contributed by atoms with Crippen LogP contribution in [0.3, 0.4) is 0 Å². The van der Waals surface area contributed by atoms with Crippen molar-refractivity contribution in [1.29, 1.82) is 0 Å². The van der Waals surface area contributed by atoms with Crippen molar-refractivity contribution in [1.82, 2.24) is 5.32 Å². The predicted molar refractivity (Wildman–Crippen MR) is 33.8 cm³/mol. The zero-order chi connectivity index (χ0) is 6.69. The maximum atomic E-state index is 10.5. The maximum absolute atomic E-state index is 10.5. The summed E-state index contributed by atoms with van der Waals surface area (Å²) in [5, 5.41) is 4.05. The van der Waals surface area contributed by atoms with E-state index in [0.29, 0.717) is 0 Å². The normalized spacial score (nSPS) is 27.8. The van der Waals surface area contributed by atoms with Crippen molar-refractivity contribution < 1.29 is 4.79 Å². The molecular weight excluding hydrogens is 116 g/mol. The number of rotatable bonds is 1. The van der Waals surface area contributed by atoms with Gasteiger partial charge in [-0.05, 0) is 19.3 Å². The lowest BCUT2D eigenvalue weighted by Crippen LogP contribution is -2.39. The minimum absolute atomic E-state index is 0.182. The van der Waals surface area contributed by atoms with Gasteiger partial charge < -0.3 is 5.73 Å². The van der Waals surface area contributed by atoms with Gasteiger partial charge in [0.05, 0.1) is 0 Å². The summed E-state index contributed by atoms with van der Waals surface area (Å²) in [7, 11) is 0. The highest BCUT2D eigenvalue weighted by Crippen LogP contribution is 2.07. The van der Waals surface area contributed by atoms with Crippen LogP contribution in [0.15, 0.2) is 0 Å². The smallest absolute Gasteiger partial charge is 0.236 e. The fourth-order valence-corrected chi connectivity index (χ4v) is 1.02. The molecule has 0 aromatic rings. The molecule has 1 saturated heterocycles. The topological polar surface area (TPSA) is 57.2 Å². The highest BCUT2D eigenvalue weighted by molar-refractivity contribution is 5.79. The third-order valence-corrected chi connectivity index (χ3v) is 1.56. The molecule has 1 unspecified atom stereocenters. The quantitative estimate of drug-likeness (QED) is 0.513. The van der Waals surface area contributed by atoms with Gasteiger partial charge in [-0.15, -0.1) is 0 Å². The number of carbonyl (C=O) groups is 1. The number of piperidine rings is 1. The van der Waals surface area contributed by atoms with E-state index in [1.165, 1.54) is 0 Å². The summed E-state index contributed by atoms with van der Waals surface area (Å²) in [6.45, 7) is 0.813. The van der Waals surface area contributed by atoms with Crippen molar-refractivity contribution in [2.45, 2.75) is 25.3 Å². The van der Waals surface area contributed by atoms with E-state index in [-0.39, 0.29) is 11.9 Å². The Morgan fingerprint density at radius 2 is 2.33 bits per heavy atom. The van der Waals surface area contributed by atoms with Crippen LogP contribution in [-0.4, -0.2) is 18.5 Å². The first-order chi connectivity index (χ1) is 4.30. The highest BCUT2D eigenvalue weighted by atomic mass is 16.1. The highest BCUT2D eigenvalue weighted by Gasteiger charge is 2.18. The number of nitrogens with two attached hydrogens (primary N) is 1. The van der Waals surface area contributed by atoms with E-state index in [0.717, 1.165) is 25.8 Å². The van der Waals surface area contributed by atoms with Gasteiger partial charge in [0, 0.05) is 6.54 Å². The van der Waals surface area contributed by atoms with Crippen LogP contribution in [0.25, 0.3) is 0 Å². The second-order valence-electron chi connectivity index (χ2n) is 2.32. The Hall–Kier alpha value is -0.570. The van der Waals surface area contributed by atoms with Crippen LogP contribution in [0.5, 0.6) is 0 Å². The van der Waals surface area contributed by atoms with E-state index in [2.05, 4.69) is 5.32 Å². The van der Waals surface area contributed by atoms with Crippen LogP contribution in [0.2, 0.25) is 0 Å². The number of hydrogen-bond acceptors (Lipinski definition) is 1. The second kappa shape index (κ2) is 2.82. The molecule has 51 valence electrons. The summed E-state index contributed by atoms with van der Waals surface area (Å²) in [4.78, 5) is 10.5. The lowest BCUT2D eigenvalue weighted by Gasteiger charge is -2.17. The fourth-order valence-electron chi connectivity index (χ4n) is 1.02. The van der Waals surface area contributed by atoms with Gasteiger partial charge in [-0.2, -0.15) is 0 Å². The molecule has 1 radical (unpaired) electrons. The van der Waals surface area contributed by atoms with Gasteiger partial charge in [-0.1, -0.05) is 0 Å². The fraction of sp³-hybridized carbons (Fsp3) is 0.833. The molecule has 1 atom stereocenters. The third kappa shape index (κ3) is 1.68. The molecule has 0 saturated carbocycles. The number of amides is 1. The zero-order valence-corrected chi connectivity index (χ0v) is 5.34. The van der Waals surface area contributed by atoms with Gasteiger partial charge in [-0.3, -0.25) is 4.79 Å². The van der Waals surface area contributed by atoms with Gasteiger partial charge in [0.25, 0.3) is 0 Å².